The van der Waals surface area contributed by atoms with Crippen LogP contribution in [0, 0.1) is 4.91 Å². The number of benzene rings is 1. The summed E-state index contributed by atoms with van der Waals surface area (Å²) in [5, 5.41) is 2.78. The van der Waals surface area contributed by atoms with E-state index >= 15 is 0 Å². The molecule has 78 valence electrons. The number of allylic oxidation sites excluding steroid dienone is 1. The molecular formula is C11H11NO3. The Balaban J connectivity index is 2.90. The number of carbonyl (C=O) groups excluding carboxylic acids is 1. The molecule has 0 radical (unpaired) electrons. The molecule has 1 aromatic rings. The van der Waals surface area contributed by atoms with E-state index in [9.17, 15) is 9.70 Å². The van der Waals surface area contributed by atoms with E-state index in [2.05, 4.69) is 9.91 Å². The predicted octanol–water partition coefficient (Wildman–Crippen LogP) is 2.60. The molecule has 0 saturated heterocycles. The van der Waals surface area contributed by atoms with E-state index in [1.165, 1.54) is 7.11 Å². The number of hydrogen-bond acceptors (Lipinski definition) is 4. The normalized spacial score (nSPS) is 10.9. The van der Waals surface area contributed by atoms with Crippen molar-refractivity contribution in [3.8, 4) is 0 Å². The second-order valence-electron chi connectivity index (χ2n) is 2.99. The fraction of sp³-hybridized carbons (Fsp3) is 0.182. The van der Waals surface area contributed by atoms with Crippen molar-refractivity contribution in [1.82, 2.24) is 0 Å². The van der Waals surface area contributed by atoms with Gasteiger partial charge in [-0.25, -0.2) is 4.79 Å². The van der Waals surface area contributed by atoms with Gasteiger partial charge in [0.05, 0.1) is 18.4 Å². The summed E-state index contributed by atoms with van der Waals surface area (Å²) < 4.78 is 4.56. The van der Waals surface area contributed by atoms with E-state index < -0.39 is 0 Å². The maximum absolute atomic E-state index is 11.1. The third-order valence-corrected chi connectivity index (χ3v) is 1.85. The van der Waals surface area contributed by atoms with E-state index in [4.69, 9.17) is 0 Å². The van der Waals surface area contributed by atoms with Crippen molar-refractivity contribution in [2.75, 3.05) is 7.11 Å². The molecule has 0 aliphatic carbocycles. The average molecular weight is 205 g/mol. The fourth-order valence-electron chi connectivity index (χ4n) is 1.10. The molecule has 4 nitrogen and oxygen atoms in total. The third kappa shape index (κ3) is 3.02. The molecule has 0 atom stereocenters. The molecule has 0 aromatic heterocycles. The fourth-order valence-corrected chi connectivity index (χ4v) is 1.10. The Hall–Kier alpha value is -1.97. The van der Waals surface area contributed by atoms with Crippen LogP contribution in [0.25, 0.3) is 6.08 Å². The largest absolute Gasteiger partial charge is 0.465 e. The van der Waals surface area contributed by atoms with E-state index in [1.807, 2.05) is 0 Å². The van der Waals surface area contributed by atoms with Crippen LogP contribution >= 0.6 is 0 Å². The lowest BCUT2D eigenvalue weighted by molar-refractivity contribution is 0.0601. The minimum atomic E-state index is -0.379. The molecule has 0 fully saturated rings. The Kier molecular flexibility index (Phi) is 3.74. The summed E-state index contributed by atoms with van der Waals surface area (Å²) >= 11 is 0. The molecule has 0 aliphatic heterocycles. The van der Waals surface area contributed by atoms with Crippen molar-refractivity contribution >= 4 is 12.0 Å². The van der Waals surface area contributed by atoms with Crippen molar-refractivity contribution in [1.29, 1.82) is 0 Å². The molecule has 0 N–H and O–H groups in total. The van der Waals surface area contributed by atoms with Crippen LogP contribution in [0.5, 0.6) is 0 Å². The Bertz CT molecular complexity index is 393. The van der Waals surface area contributed by atoms with Gasteiger partial charge >= 0.3 is 5.97 Å². The minimum absolute atomic E-state index is 0.379. The van der Waals surface area contributed by atoms with E-state index in [0.717, 1.165) is 5.56 Å². The number of nitrogens with zero attached hydrogens (tertiary/aromatic N) is 1. The lowest BCUT2D eigenvalue weighted by Crippen LogP contribution is -2.00. The first kappa shape index (κ1) is 11.1. The van der Waals surface area contributed by atoms with Crippen molar-refractivity contribution in [3.63, 3.8) is 0 Å². The molecule has 0 spiro atoms. The SMILES string of the molecule is COC(=O)c1ccc(/C=C(\C)N=O)cc1. The second-order valence-corrected chi connectivity index (χ2v) is 2.99. The van der Waals surface area contributed by atoms with Gasteiger partial charge in [-0.1, -0.05) is 12.1 Å². The zero-order chi connectivity index (χ0) is 11.3. The van der Waals surface area contributed by atoms with Gasteiger partial charge in [-0.3, -0.25) is 0 Å². The van der Waals surface area contributed by atoms with E-state index in [-0.39, 0.29) is 5.97 Å². The summed E-state index contributed by atoms with van der Waals surface area (Å²) in [5.41, 5.74) is 1.69. The first-order valence-electron chi connectivity index (χ1n) is 4.37. The Labute approximate surface area is 87.5 Å². The van der Waals surface area contributed by atoms with Gasteiger partial charge in [0.15, 0.2) is 0 Å². The lowest BCUT2D eigenvalue weighted by atomic mass is 10.1. The van der Waals surface area contributed by atoms with Crippen LogP contribution in [0.3, 0.4) is 0 Å². The highest BCUT2D eigenvalue weighted by Gasteiger charge is 2.03. The first-order chi connectivity index (χ1) is 7.17. The first-order valence-corrected chi connectivity index (χ1v) is 4.37. The summed E-state index contributed by atoms with van der Waals surface area (Å²) in [7, 11) is 1.33. The Morgan fingerprint density at radius 2 is 1.93 bits per heavy atom. The summed E-state index contributed by atoms with van der Waals surface area (Å²) in [6.45, 7) is 1.61. The highest BCUT2D eigenvalue weighted by molar-refractivity contribution is 5.89. The second kappa shape index (κ2) is 5.05. The Morgan fingerprint density at radius 3 is 2.40 bits per heavy atom. The summed E-state index contributed by atoms with van der Waals surface area (Å²) in [6, 6.07) is 6.72. The van der Waals surface area contributed by atoms with Crippen molar-refractivity contribution in [3.05, 3.63) is 46.0 Å². The molecule has 0 unspecified atom stereocenters. The quantitative estimate of drug-likeness (QED) is 0.563. The van der Waals surface area contributed by atoms with Gasteiger partial charge in [-0.05, 0) is 35.9 Å². The van der Waals surface area contributed by atoms with Gasteiger partial charge < -0.3 is 4.74 Å². The predicted molar refractivity (Wildman–Crippen MR) is 57.2 cm³/mol. The molecule has 15 heavy (non-hydrogen) atoms. The number of hydrogen-bond donors (Lipinski definition) is 0. The molecule has 4 heteroatoms. The summed E-state index contributed by atoms with van der Waals surface area (Å²) in [6.07, 6.45) is 1.63. The summed E-state index contributed by atoms with van der Waals surface area (Å²) in [4.78, 5) is 21.2. The standard InChI is InChI=1S/C11H11NO3/c1-8(12-14)7-9-3-5-10(6-4-9)11(13)15-2/h3-7H,1-2H3/b8-7+. The third-order valence-electron chi connectivity index (χ3n) is 1.85. The van der Waals surface area contributed by atoms with Crippen LogP contribution < -0.4 is 0 Å². The topological polar surface area (TPSA) is 55.7 Å². The van der Waals surface area contributed by atoms with Gasteiger partial charge in [0.1, 0.15) is 0 Å². The molecule has 0 bridgehead atoms. The van der Waals surface area contributed by atoms with Crippen LogP contribution in [0.1, 0.15) is 22.8 Å². The van der Waals surface area contributed by atoms with Gasteiger partial charge in [-0.2, -0.15) is 0 Å². The molecule has 1 rings (SSSR count). The van der Waals surface area contributed by atoms with Gasteiger partial charge in [0.25, 0.3) is 0 Å². The minimum Gasteiger partial charge on any atom is -0.465 e. The zero-order valence-electron chi connectivity index (χ0n) is 8.56. The van der Waals surface area contributed by atoms with Crippen molar-refractivity contribution in [2.24, 2.45) is 5.18 Å². The van der Waals surface area contributed by atoms with Crippen LogP contribution in [0.4, 0.5) is 0 Å². The Morgan fingerprint density at radius 1 is 1.33 bits per heavy atom. The molecule has 0 heterocycles. The summed E-state index contributed by atoms with van der Waals surface area (Å²) in [5.74, 6) is -0.379. The highest BCUT2D eigenvalue weighted by atomic mass is 16.5. The molecule has 0 aliphatic rings. The number of rotatable bonds is 3. The average Bonchev–Trinajstić information content (AvgIpc) is 2.29. The van der Waals surface area contributed by atoms with Crippen LogP contribution in [-0.4, -0.2) is 13.1 Å². The smallest absolute Gasteiger partial charge is 0.337 e. The maximum atomic E-state index is 11.1. The molecule has 0 saturated carbocycles. The van der Waals surface area contributed by atoms with Crippen LogP contribution in [0.15, 0.2) is 35.1 Å². The molecule has 0 amide bonds. The van der Waals surface area contributed by atoms with Crippen LogP contribution in [-0.2, 0) is 4.74 Å². The lowest BCUT2D eigenvalue weighted by Gasteiger charge is -1.99. The van der Waals surface area contributed by atoms with Gasteiger partial charge in [-0.15, -0.1) is 4.91 Å². The molecular weight excluding hydrogens is 194 g/mol. The van der Waals surface area contributed by atoms with Gasteiger partial charge in [0.2, 0.25) is 0 Å². The highest BCUT2D eigenvalue weighted by Crippen LogP contribution is 2.10. The maximum Gasteiger partial charge on any atom is 0.337 e. The monoisotopic (exact) mass is 205 g/mol. The van der Waals surface area contributed by atoms with Crippen molar-refractivity contribution in [2.45, 2.75) is 6.92 Å². The van der Waals surface area contributed by atoms with E-state index in [0.29, 0.717) is 11.3 Å². The number of esters is 1. The van der Waals surface area contributed by atoms with E-state index in [1.54, 1.807) is 37.3 Å². The number of nitroso groups, excluding NO2 is 1. The zero-order valence-corrected chi connectivity index (χ0v) is 8.56. The van der Waals surface area contributed by atoms with Gasteiger partial charge in [0, 0.05) is 0 Å². The van der Waals surface area contributed by atoms with Crippen molar-refractivity contribution < 1.29 is 9.53 Å². The van der Waals surface area contributed by atoms with Crippen LogP contribution in [0.2, 0.25) is 0 Å². The number of ether oxygens (including phenoxy) is 1. The number of carbonyl (C=O) groups is 1. The number of methoxy groups -OCH3 is 1. The molecule has 1 aromatic carbocycles.